The topological polar surface area (TPSA) is 117 Å². The van der Waals surface area contributed by atoms with Crippen molar-refractivity contribution in [3.63, 3.8) is 0 Å². The van der Waals surface area contributed by atoms with Crippen LogP contribution in [0.15, 0.2) is 30.5 Å². The molecule has 1 atom stereocenters. The van der Waals surface area contributed by atoms with Gasteiger partial charge in [-0.05, 0) is 6.07 Å². The van der Waals surface area contributed by atoms with Gasteiger partial charge in [0, 0.05) is 31.5 Å². The Hall–Kier alpha value is -2.87. The van der Waals surface area contributed by atoms with E-state index in [1.165, 1.54) is 13.3 Å². The first kappa shape index (κ1) is 16.6. The number of nitrogens with two attached hydrogens (primary N) is 2. The minimum Gasteiger partial charge on any atom is -0.485 e. The largest absolute Gasteiger partial charge is 0.485 e. The van der Waals surface area contributed by atoms with Crippen molar-refractivity contribution in [2.45, 2.75) is 24.5 Å². The van der Waals surface area contributed by atoms with Crippen LogP contribution in [-0.4, -0.2) is 41.7 Å². The van der Waals surface area contributed by atoms with Gasteiger partial charge in [-0.25, -0.2) is 14.8 Å². The predicted octanol–water partition coefficient (Wildman–Crippen LogP) is 1.28. The van der Waals surface area contributed by atoms with Crippen LogP contribution in [0.2, 0.25) is 0 Å². The molecule has 2 aliphatic heterocycles. The lowest BCUT2D eigenvalue weighted by atomic mass is 9.83. The Morgan fingerprint density at radius 3 is 2.77 bits per heavy atom. The van der Waals surface area contributed by atoms with Crippen LogP contribution in [0.5, 0.6) is 5.75 Å². The van der Waals surface area contributed by atoms with E-state index in [-0.39, 0.29) is 17.6 Å². The molecule has 0 radical (unpaired) electrons. The normalized spacial score (nSPS) is 20.5. The smallest absolute Gasteiger partial charge is 0.360 e. The van der Waals surface area contributed by atoms with E-state index < -0.39 is 11.6 Å². The van der Waals surface area contributed by atoms with Gasteiger partial charge in [0.05, 0.1) is 19.3 Å². The second-order valence-corrected chi connectivity index (χ2v) is 6.63. The molecule has 1 saturated heterocycles. The molecule has 0 saturated carbocycles. The molecule has 3 heterocycles. The third-order valence-corrected chi connectivity index (χ3v) is 5.19. The van der Waals surface area contributed by atoms with Gasteiger partial charge in [-0.15, -0.1) is 0 Å². The summed E-state index contributed by atoms with van der Waals surface area (Å²) in [4.78, 5) is 22.4. The second-order valence-electron chi connectivity index (χ2n) is 6.63. The number of hydrogen-bond acceptors (Lipinski definition) is 8. The molecule has 1 aromatic heterocycles. The van der Waals surface area contributed by atoms with Crippen LogP contribution in [0, 0.1) is 0 Å². The lowest BCUT2D eigenvalue weighted by molar-refractivity contribution is 0.0429. The summed E-state index contributed by atoms with van der Waals surface area (Å²) in [6.45, 7) is 1.26. The average Bonchev–Trinajstić information content (AvgIpc) is 2.94. The number of aromatic nitrogens is 2. The number of rotatable bonds is 2. The first-order valence-electron chi connectivity index (χ1n) is 8.53. The van der Waals surface area contributed by atoms with Crippen LogP contribution in [0.3, 0.4) is 0 Å². The molecule has 2 aliphatic rings. The zero-order valence-electron chi connectivity index (χ0n) is 14.5. The SMILES string of the molecule is COC(=O)c1ncc(N)nc1N1CCC2(CC1)Oc1ccccc1[C@H]2N. The Balaban J connectivity index is 1.57. The molecule has 1 spiro atoms. The van der Waals surface area contributed by atoms with Gasteiger partial charge in [0.25, 0.3) is 0 Å². The van der Waals surface area contributed by atoms with Crippen LogP contribution in [0.1, 0.15) is 34.9 Å². The number of hydrogen-bond donors (Lipinski definition) is 2. The number of para-hydroxylation sites is 1. The molecule has 136 valence electrons. The van der Waals surface area contributed by atoms with E-state index in [2.05, 4.69) is 9.97 Å². The minimum atomic E-state index is -0.533. The molecular formula is C18H21N5O3. The summed E-state index contributed by atoms with van der Waals surface area (Å²) in [6, 6.07) is 7.72. The highest BCUT2D eigenvalue weighted by Crippen LogP contribution is 2.47. The number of esters is 1. The van der Waals surface area contributed by atoms with Crippen molar-refractivity contribution in [1.82, 2.24) is 9.97 Å². The highest BCUT2D eigenvalue weighted by atomic mass is 16.5. The van der Waals surface area contributed by atoms with Gasteiger partial charge in [0.1, 0.15) is 17.2 Å². The van der Waals surface area contributed by atoms with Crippen LogP contribution in [0.4, 0.5) is 11.6 Å². The lowest BCUT2D eigenvalue weighted by Crippen LogP contribution is -2.52. The van der Waals surface area contributed by atoms with E-state index in [0.29, 0.717) is 31.7 Å². The van der Waals surface area contributed by atoms with Crippen LogP contribution >= 0.6 is 0 Å². The third kappa shape index (κ3) is 2.53. The van der Waals surface area contributed by atoms with Gasteiger partial charge in [-0.1, -0.05) is 18.2 Å². The highest BCUT2D eigenvalue weighted by molar-refractivity contribution is 5.92. The molecule has 4 rings (SSSR count). The Labute approximate surface area is 151 Å². The van der Waals surface area contributed by atoms with Crippen molar-refractivity contribution in [2.75, 3.05) is 30.8 Å². The summed E-state index contributed by atoms with van der Waals surface area (Å²) in [5, 5.41) is 0. The van der Waals surface area contributed by atoms with Gasteiger partial charge >= 0.3 is 5.97 Å². The summed E-state index contributed by atoms with van der Waals surface area (Å²) in [5.41, 5.74) is 13.0. The fourth-order valence-electron chi connectivity index (χ4n) is 3.76. The molecule has 0 bridgehead atoms. The number of ether oxygens (including phenoxy) is 2. The molecule has 2 aromatic rings. The summed E-state index contributed by atoms with van der Waals surface area (Å²) in [6.07, 6.45) is 2.77. The van der Waals surface area contributed by atoms with E-state index in [9.17, 15) is 4.79 Å². The molecule has 0 unspecified atom stereocenters. The number of piperidine rings is 1. The summed E-state index contributed by atoms with van der Waals surface area (Å²) < 4.78 is 11.1. The number of anilines is 2. The highest BCUT2D eigenvalue weighted by Gasteiger charge is 2.48. The number of methoxy groups -OCH3 is 1. The molecule has 8 nitrogen and oxygen atoms in total. The van der Waals surface area contributed by atoms with E-state index >= 15 is 0 Å². The monoisotopic (exact) mass is 355 g/mol. The molecular weight excluding hydrogens is 334 g/mol. The summed E-state index contributed by atoms with van der Waals surface area (Å²) in [5.74, 6) is 1.02. The fraction of sp³-hybridized carbons (Fsp3) is 0.389. The first-order chi connectivity index (χ1) is 12.5. The number of carbonyl (C=O) groups is 1. The minimum absolute atomic E-state index is 0.164. The van der Waals surface area contributed by atoms with E-state index in [1.54, 1.807) is 0 Å². The Morgan fingerprint density at radius 1 is 1.35 bits per heavy atom. The van der Waals surface area contributed by atoms with Gasteiger partial charge in [0.2, 0.25) is 0 Å². The van der Waals surface area contributed by atoms with Gasteiger partial charge in [-0.3, -0.25) is 0 Å². The molecule has 8 heteroatoms. The number of carbonyl (C=O) groups excluding carboxylic acids is 1. The van der Waals surface area contributed by atoms with E-state index in [0.717, 1.165) is 11.3 Å². The molecule has 26 heavy (non-hydrogen) atoms. The third-order valence-electron chi connectivity index (χ3n) is 5.19. The second kappa shape index (κ2) is 6.14. The van der Waals surface area contributed by atoms with E-state index in [1.807, 2.05) is 29.2 Å². The zero-order chi connectivity index (χ0) is 18.3. The van der Waals surface area contributed by atoms with Gasteiger partial charge in [0.15, 0.2) is 11.5 Å². The van der Waals surface area contributed by atoms with Crippen molar-refractivity contribution in [3.8, 4) is 5.75 Å². The molecule has 0 aliphatic carbocycles. The van der Waals surface area contributed by atoms with Crippen molar-refractivity contribution in [2.24, 2.45) is 5.73 Å². The number of nitrogen functional groups attached to an aromatic ring is 1. The van der Waals surface area contributed by atoms with Crippen molar-refractivity contribution in [1.29, 1.82) is 0 Å². The Bertz CT molecular complexity index is 848. The predicted molar refractivity (Wildman–Crippen MR) is 96.0 cm³/mol. The van der Waals surface area contributed by atoms with Crippen LogP contribution in [0.25, 0.3) is 0 Å². The molecule has 0 amide bonds. The van der Waals surface area contributed by atoms with Crippen LogP contribution in [-0.2, 0) is 4.74 Å². The maximum Gasteiger partial charge on any atom is 0.360 e. The summed E-state index contributed by atoms with van der Waals surface area (Å²) >= 11 is 0. The molecule has 1 aromatic carbocycles. The fourth-order valence-corrected chi connectivity index (χ4v) is 3.76. The first-order valence-corrected chi connectivity index (χ1v) is 8.53. The van der Waals surface area contributed by atoms with Crippen LogP contribution < -0.4 is 21.1 Å². The van der Waals surface area contributed by atoms with Crippen molar-refractivity contribution >= 4 is 17.6 Å². The standard InChI is InChI=1S/C18H21N5O3/c1-25-17(24)14-16(22-13(19)10-21-14)23-8-6-18(7-9-23)15(20)11-4-2-3-5-12(11)26-18/h2-5,10,15H,6-9,20H2,1H3,(H2,19,22)/t15-/m1/s1. The Kier molecular flexibility index (Phi) is 3.91. The zero-order valence-corrected chi connectivity index (χ0v) is 14.5. The van der Waals surface area contributed by atoms with Crippen molar-refractivity contribution < 1.29 is 14.3 Å². The summed E-state index contributed by atoms with van der Waals surface area (Å²) in [7, 11) is 1.32. The Morgan fingerprint density at radius 2 is 2.08 bits per heavy atom. The average molecular weight is 355 g/mol. The van der Waals surface area contributed by atoms with E-state index in [4.69, 9.17) is 20.9 Å². The number of nitrogens with zero attached hydrogens (tertiary/aromatic N) is 3. The van der Waals surface area contributed by atoms with Crippen molar-refractivity contribution in [3.05, 3.63) is 41.7 Å². The maximum absolute atomic E-state index is 12.0. The maximum atomic E-state index is 12.0. The number of fused-ring (bicyclic) bond motifs is 1. The number of benzene rings is 1. The molecule has 1 fully saturated rings. The van der Waals surface area contributed by atoms with Gasteiger partial charge < -0.3 is 25.8 Å². The lowest BCUT2D eigenvalue weighted by Gasteiger charge is -2.41. The molecule has 4 N–H and O–H groups in total. The van der Waals surface area contributed by atoms with Gasteiger partial charge in [-0.2, -0.15) is 0 Å². The quantitative estimate of drug-likeness (QED) is 0.774.